The Labute approximate surface area is 168 Å². The van der Waals surface area contributed by atoms with Gasteiger partial charge in [-0.3, -0.25) is 4.90 Å². The SMILES string of the molecule is CN1CC(CCN2CC=CC2)Oc2ncccc2C1=S.O=C(O)/C=C/C(=O)O. The van der Waals surface area contributed by atoms with Gasteiger partial charge in [-0.15, -0.1) is 0 Å². The minimum Gasteiger partial charge on any atom is -0.478 e. The van der Waals surface area contributed by atoms with Gasteiger partial charge in [-0.2, -0.15) is 0 Å². The minimum absolute atomic E-state index is 0.134. The summed E-state index contributed by atoms with van der Waals surface area (Å²) in [7, 11) is 2.03. The molecule has 0 aliphatic carbocycles. The van der Waals surface area contributed by atoms with Crippen LogP contribution in [0.3, 0.4) is 0 Å². The Morgan fingerprint density at radius 3 is 2.54 bits per heavy atom. The Morgan fingerprint density at radius 1 is 1.29 bits per heavy atom. The first-order chi connectivity index (χ1) is 13.4. The molecule has 0 fully saturated rings. The number of rotatable bonds is 5. The number of pyridine rings is 1. The Balaban J connectivity index is 0.000000300. The molecule has 0 bridgehead atoms. The van der Waals surface area contributed by atoms with Gasteiger partial charge in [-0.05, 0) is 18.6 Å². The number of ether oxygens (including phenoxy) is 1. The highest BCUT2D eigenvalue weighted by Crippen LogP contribution is 2.23. The summed E-state index contributed by atoms with van der Waals surface area (Å²) in [5.41, 5.74) is 0.926. The van der Waals surface area contributed by atoms with Crippen molar-refractivity contribution in [2.45, 2.75) is 12.5 Å². The van der Waals surface area contributed by atoms with Crippen LogP contribution in [0.25, 0.3) is 0 Å². The van der Waals surface area contributed by atoms with E-state index in [1.54, 1.807) is 6.20 Å². The van der Waals surface area contributed by atoms with E-state index in [0.29, 0.717) is 18.0 Å². The van der Waals surface area contributed by atoms with E-state index in [1.165, 1.54) is 0 Å². The van der Waals surface area contributed by atoms with E-state index >= 15 is 0 Å². The van der Waals surface area contributed by atoms with Crippen LogP contribution in [0.1, 0.15) is 12.0 Å². The molecule has 9 heteroatoms. The largest absolute Gasteiger partial charge is 0.478 e. The van der Waals surface area contributed by atoms with Crippen LogP contribution >= 0.6 is 12.2 Å². The molecule has 0 aromatic carbocycles. The normalized spacial score (nSPS) is 18.8. The number of carbonyl (C=O) groups is 2. The molecule has 0 radical (unpaired) electrons. The molecule has 2 N–H and O–H groups in total. The molecular formula is C19H23N3O5S. The Hall–Kier alpha value is -2.78. The third kappa shape index (κ3) is 6.75. The van der Waals surface area contributed by atoms with Crippen LogP contribution < -0.4 is 4.74 Å². The molecule has 1 aromatic rings. The Bertz CT molecular complexity index is 757. The number of aromatic nitrogens is 1. The van der Waals surface area contributed by atoms with Gasteiger partial charge in [0.15, 0.2) is 0 Å². The lowest BCUT2D eigenvalue weighted by Crippen LogP contribution is -2.36. The number of carboxylic acid groups (broad SMARTS) is 2. The lowest BCUT2D eigenvalue weighted by Gasteiger charge is -2.23. The number of nitrogens with zero attached hydrogens (tertiary/aromatic N) is 3. The molecule has 1 aromatic heterocycles. The van der Waals surface area contributed by atoms with Gasteiger partial charge in [-0.1, -0.05) is 24.4 Å². The van der Waals surface area contributed by atoms with Crippen molar-refractivity contribution < 1.29 is 24.5 Å². The summed E-state index contributed by atoms with van der Waals surface area (Å²) in [6.45, 7) is 3.96. The molecule has 0 amide bonds. The van der Waals surface area contributed by atoms with E-state index in [9.17, 15) is 9.59 Å². The van der Waals surface area contributed by atoms with Crippen molar-refractivity contribution in [3.8, 4) is 5.88 Å². The van der Waals surface area contributed by atoms with Gasteiger partial charge < -0.3 is 19.8 Å². The van der Waals surface area contributed by atoms with Gasteiger partial charge in [0.2, 0.25) is 5.88 Å². The van der Waals surface area contributed by atoms with E-state index in [-0.39, 0.29) is 6.10 Å². The molecule has 1 atom stereocenters. The predicted molar refractivity (Wildman–Crippen MR) is 108 cm³/mol. The predicted octanol–water partition coefficient (Wildman–Crippen LogP) is 1.42. The molecule has 8 nitrogen and oxygen atoms in total. The van der Waals surface area contributed by atoms with Gasteiger partial charge in [0.25, 0.3) is 0 Å². The van der Waals surface area contributed by atoms with E-state index < -0.39 is 11.9 Å². The summed E-state index contributed by atoms with van der Waals surface area (Å²) in [5.74, 6) is -1.84. The molecule has 150 valence electrons. The second-order valence-corrected chi connectivity index (χ2v) is 6.70. The summed E-state index contributed by atoms with van der Waals surface area (Å²) in [6, 6.07) is 3.88. The standard InChI is InChI=1S/C15H19N3OS.C4H4O4/c1-17-11-12(6-10-18-8-2-3-9-18)19-14-13(15(17)20)5-4-7-16-14;5-3(6)1-2-4(7)8/h2-5,7,12H,6,8-11H2,1H3;1-2H,(H,5,6)(H,7,8)/b;2-1+. The maximum Gasteiger partial charge on any atom is 0.328 e. The van der Waals surface area contributed by atoms with Crippen LogP contribution in [0.2, 0.25) is 0 Å². The molecule has 0 spiro atoms. The fourth-order valence-electron chi connectivity index (χ4n) is 2.76. The monoisotopic (exact) mass is 405 g/mol. The van der Waals surface area contributed by atoms with Gasteiger partial charge in [0, 0.05) is 45.0 Å². The summed E-state index contributed by atoms with van der Waals surface area (Å²) in [6.07, 6.45) is 8.43. The molecule has 2 aliphatic rings. The second kappa shape index (κ2) is 10.5. The smallest absolute Gasteiger partial charge is 0.328 e. The number of hydrogen-bond acceptors (Lipinski definition) is 6. The minimum atomic E-state index is -1.26. The van der Waals surface area contributed by atoms with Crippen molar-refractivity contribution in [3.05, 3.63) is 48.2 Å². The first-order valence-corrected chi connectivity index (χ1v) is 9.16. The molecule has 28 heavy (non-hydrogen) atoms. The van der Waals surface area contributed by atoms with Gasteiger partial charge >= 0.3 is 11.9 Å². The highest BCUT2D eigenvalue weighted by atomic mass is 32.1. The zero-order valence-electron chi connectivity index (χ0n) is 15.5. The number of aliphatic carboxylic acids is 2. The molecule has 3 heterocycles. The Morgan fingerprint density at radius 2 is 1.93 bits per heavy atom. The summed E-state index contributed by atoms with van der Waals surface area (Å²) < 4.78 is 6.07. The zero-order valence-corrected chi connectivity index (χ0v) is 16.3. The quantitative estimate of drug-likeness (QED) is 0.428. The molecule has 0 saturated heterocycles. The summed E-state index contributed by atoms with van der Waals surface area (Å²) in [4.78, 5) is 28.8. The van der Waals surface area contributed by atoms with Crippen LogP contribution in [0, 0.1) is 0 Å². The van der Waals surface area contributed by atoms with E-state index in [4.69, 9.17) is 27.2 Å². The number of thiocarbonyl (C=S) groups is 1. The number of hydrogen-bond donors (Lipinski definition) is 2. The molecular weight excluding hydrogens is 382 g/mol. The maximum atomic E-state index is 9.55. The number of likely N-dealkylation sites (N-methyl/N-ethyl adjacent to an activating group) is 1. The summed E-state index contributed by atoms with van der Waals surface area (Å²) >= 11 is 5.50. The van der Waals surface area contributed by atoms with Crippen LogP contribution in [0.15, 0.2) is 42.6 Å². The van der Waals surface area contributed by atoms with E-state index in [2.05, 4.69) is 26.9 Å². The van der Waals surface area contributed by atoms with Crippen molar-refractivity contribution in [2.24, 2.45) is 0 Å². The zero-order chi connectivity index (χ0) is 20.5. The van der Waals surface area contributed by atoms with Gasteiger partial charge in [-0.25, -0.2) is 14.6 Å². The second-order valence-electron chi connectivity index (χ2n) is 6.31. The maximum absolute atomic E-state index is 9.55. The summed E-state index contributed by atoms with van der Waals surface area (Å²) in [5, 5.41) is 15.6. The van der Waals surface area contributed by atoms with Crippen molar-refractivity contribution in [1.82, 2.24) is 14.8 Å². The third-order valence-corrected chi connectivity index (χ3v) is 4.67. The average Bonchev–Trinajstić information content (AvgIpc) is 3.14. The van der Waals surface area contributed by atoms with E-state index in [1.807, 2.05) is 19.2 Å². The molecule has 0 saturated carbocycles. The average molecular weight is 405 g/mol. The Kier molecular flexibility index (Phi) is 8.09. The van der Waals surface area contributed by atoms with E-state index in [0.717, 1.165) is 43.2 Å². The molecule has 1 unspecified atom stereocenters. The first kappa shape index (κ1) is 21.5. The van der Waals surface area contributed by atoms with Crippen molar-refractivity contribution >= 4 is 29.1 Å². The fourth-order valence-corrected chi connectivity index (χ4v) is 2.99. The fraction of sp³-hybridized carbons (Fsp3) is 0.368. The highest BCUT2D eigenvalue weighted by Gasteiger charge is 2.25. The topological polar surface area (TPSA) is 103 Å². The molecule has 3 rings (SSSR count). The van der Waals surface area contributed by atoms with Crippen LogP contribution in [0.5, 0.6) is 5.88 Å². The highest BCUT2D eigenvalue weighted by molar-refractivity contribution is 7.80. The lowest BCUT2D eigenvalue weighted by atomic mass is 10.2. The molecule has 2 aliphatic heterocycles. The van der Waals surface area contributed by atoms with Crippen molar-refractivity contribution in [2.75, 3.05) is 33.2 Å². The third-order valence-electron chi connectivity index (χ3n) is 4.13. The first-order valence-electron chi connectivity index (χ1n) is 8.75. The van der Waals surface area contributed by atoms with Crippen LogP contribution in [-0.2, 0) is 9.59 Å². The van der Waals surface area contributed by atoms with Crippen molar-refractivity contribution in [3.63, 3.8) is 0 Å². The lowest BCUT2D eigenvalue weighted by molar-refractivity contribution is -0.134. The van der Waals surface area contributed by atoms with Crippen LogP contribution in [0.4, 0.5) is 0 Å². The number of fused-ring (bicyclic) bond motifs is 1. The van der Waals surface area contributed by atoms with Crippen molar-refractivity contribution in [1.29, 1.82) is 0 Å². The van der Waals surface area contributed by atoms with Gasteiger partial charge in [0.1, 0.15) is 11.1 Å². The van der Waals surface area contributed by atoms with Crippen LogP contribution in [-0.4, -0.2) is 81.3 Å². The number of carboxylic acids is 2. The van der Waals surface area contributed by atoms with Gasteiger partial charge in [0.05, 0.1) is 12.1 Å².